The van der Waals surface area contributed by atoms with Crippen molar-refractivity contribution in [3.63, 3.8) is 0 Å². The molecular formula is C13H21NO. The number of allylic oxidation sites excluding steroid dienone is 2. The van der Waals surface area contributed by atoms with E-state index in [0.717, 1.165) is 24.9 Å². The summed E-state index contributed by atoms with van der Waals surface area (Å²) in [5, 5.41) is 0. The summed E-state index contributed by atoms with van der Waals surface area (Å²) < 4.78 is 0. The Hall–Kier alpha value is -0.790. The normalized spacial score (nSPS) is 29.7. The molecule has 2 atom stereocenters. The van der Waals surface area contributed by atoms with E-state index < -0.39 is 0 Å². The summed E-state index contributed by atoms with van der Waals surface area (Å²) >= 11 is 0. The fraction of sp³-hybridized carbons (Fsp3) is 0.769. The lowest BCUT2D eigenvalue weighted by Crippen LogP contribution is -2.29. The molecular weight excluding hydrogens is 186 g/mol. The summed E-state index contributed by atoms with van der Waals surface area (Å²) in [5.41, 5.74) is 0. The van der Waals surface area contributed by atoms with Crippen molar-refractivity contribution < 1.29 is 4.79 Å². The van der Waals surface area contributed by atoms with Crippen LogP contribution in [0.1, 0.15) is 33.1 Å². The van der Waals surface area contributed by atoms with E-state index in [1.165, 1.54) is 12.8 Å². The Labute approximate surface area is 92.3 Å². The maximum Gasteiger partial charge on any atom is 0.222 e. The summed E-state index contributed by atoms with van der Waals surface area (Å²) in [7, 11) is 0. The Morgan fingerprint density at radius 3 is 2.27 bits per heavy atom. The van der Waals surface area contributed by atoms with E-state index >= 15 is 0 Å². The Bertz CT molecular complexity index is 254. The highest BCUT2D eigenvalue weighted by Gasteiger charge is 2.34. The molecule has 0 N–H and O–H groups in total. The average molecular weight is 207 g/mol. The molecule has 0 radical (unpaired) electrons. The average Bonchev–Trinajstić information content (AvgIpc) is 2.59. The van der Waals surface area contributed by atoms with E-state index in [1.54, 1.807) is 0 Å². The van der Waals surface area contributed by atoms with E-state index in [0.29, 0.717) is 18.2 Å². The van der Waals surface area contributed by atoms with Gasteiger partial charge in [-0.2, -0.15) is 0 Å². The van der Waals surface area contributed by atoms with Gasteiger partial charge in [0.05, 0.1) is 0 Å². The zero-order chi connectivity index (χ0) is 10.8. The largest absolute Gasteiger partial charge is 0.342 e. The molecule has 2 nitrogen and oxygen atoms in total. The predicted molar refractivity (Wildman–Crippen MR) is 61.4 cm³/mol. The van der Waals surface area contributed by atoms with Gasteiger partial charge in [0.25, 0.3) is 0 Å². The van der Waals surface area contributed by atoms with Crippen LogP contribution in [0.2, 0.25) is 0 Å². The molecule has 1 saturated heterocycles. The molecule has 1 aliphatic carbocycles. The van der Waals surface area contributed by atoms with Crippen LogP contribution in [-0.4, -0.2) is 23.9 Å². The number of likely N-dealkylation sites (tertiary alicyclic amines) is 1. The van der Waals surface area contributed by atoms with E-state index in [9.17, 15) is 4.79 Å². The Balaban J connectivity index is 1.90. The number of hydrogen-bond acceptors (Lipinski definition) is 1. The molecule has 0 aromatic heterocycles. The number of hydrogen-bond donors (Lipinski definition) is 0. The molecule has 1 aliphatic heterocycles. The van der Waals surface area contributed by atoms with Crippen LogP contribution in [0, 0.1) is 17.8 Å². The lowest BCUT2D eigenvalue weighted by Gasteiger charge is -2.17. The predicted octanol–water partition coefficient (Wildman–Crippen LogP) is 2.46. The molecule has 0 bridgehead atoms. The van der Waals surface area contributed by atoms with Gasteiger partial charge in [0.2, 0.25) is 5.91 Å². The minimum Gasteiger partial charge on any atom is -0.342 e. The number of nitrogens with zero attached hydrogens (tertiary/aromatic N) is 1. The van der Waals surface area contributed by atoms with Crippen LogP contribution in [0.25, 0.3) is 0 Å². The van der Waals surface area contributed by atoms with Gasteiger partial charge in [-0.1, -0.05) is 26.0 Å². The molecule has 2 unspecified atom stereocenters. The van der Waals surface area contributed by atoms with Crippen LogP contribution in [0.4, 0.5) is 0 Å². The third kappa shape index (κ3) is 2.42. The Morgan fingerprint density at radius 2 is 1.80 bits per heavy atom. The molecule has 0 aromatic rings. The molecule has 0 spiro atoms. The third-order valence-corrected chi connectivity index (χ3v) is 3.56. The second kappa shape index (κ2) is 4.38. The summed E-state index contributed by atoms with van der Waals surface area (Å²) in [5.74, 6) is 2.33. The minimum absolute atomic E-state index is 0.361. The van der Waals surface area contributed by atoms with Gasteiger partial charge in [-0.05, 0) is 30.6 Å². The van der Waals surface area contributed by atoms with E-state index in [-0.39, 0.29) is 0 Å². The molecule has 15 heavy (non-hydrogen) atoms. The standard InChI is InChI=1S/C13H21NO/c1-10(2)7-13(15)14-8-11-5-3-4-6-12(11)9-14/h3-4,10-12H,5-9H2,1-2H3. The first kappa shape index (κ1) is 10.7. The maximum absolute atomic E-state index is 11.9. The topological polar surface area (TPSA) is 20.3 Å². The van der Waals surface area contributed by atoms with Crippen molar-refractivity contribution in [1.29, 1.82) is 0 Å². The molecule has 0 aromatic carbocycles. The summed E-state index contributed by atoms with van der Waals surface area (Å²) in [6, 6.07) is 0. The summed E-state index contributed by atoms with van der Waals surface area (Å²) in [6.45, 7) is 6.23. The molecule has 1 heterocycles. The highest BCUT2D eigenvalue weighted by Crippen LogP contribution is 2.33. The SMILES string of the molecule is CC(C)CC(=O)N1CC2CC=CCC2C1. The summed E-state index contributed by atoms with van der Waals surface area (Å²) in [4.78, 5) is 14.0. The first-order valence-corrected chi connectivity index (χ1v) is 6.09. The van der Waals surface area contributed by atoms with Crippen molar-refractivity contribution in [1.82, 2.24) is 4.90 Å². The van der Waals surface area contributed by atoms with Gasteiger partial charge in [0, 0.05) is 19.5 Å². The van der Waals surface area contributed by atoms with Crippen LogP contribution in [0.15, 0.2) is 12.2 Å². The van der Waals surface area contributed by atoms with Gasteiger partial charge >= 0.3 is 0 Å². The number of carbonyl (C=O) groups is 1. The quantitative estimate of drug-likeness (QED) is 0.637. The van der Waals surface area contributed by atoms with Crippen molar-refractivity contribution >= 4 is 5.91 Å². The zero-order valence-corrected chi connectivity index (χ0v) is 9.78. The molecule has 1 amide bonds. The van der Waals surface area contributed by atoms with E-state index in [2.05, 4.69) is 30.9 Å². The van der Waals surface area contributed by atoms with Gasteiger partial charge in [-0.15, -0.1) is 0 Å². The number of fused-ring (bicyclic) bond motifs is 1. The Kier molecular flexibility index (Phi) is 3.13. The summed E-state index contributed by atoms with van der Waals surface area (Å²) in [6.07, 6.45) is 7.62. The molecule has 1 fully saturated rings. The third-order valence-electron chi connectivity index (χ3n) is 3.56. The van der Waals surface area contributed by atoms with Crippen molar-refractivity contribution in [2.24, 2.45) is 17.8 Å². The molecule has 0 saturated carbocycles. The van der Waals surface area contributed by atoms with Gasteiger partial charge in [-0.3, -0.25) is 4.79 Å². The van der Waals surface area contributed by atoms with Crippen LogP contribution in [0.3, 0.4) is 0 Å². The monoisotopic (exact) mass is 207 g/mol. The van der Waals surface area contributed by atoms with Gasteiger partial charge in [-0.25, -0.2) is 0 Å². The molecule has 2 rings (SSSR count). The highest BCUT2D eigenvalue weighted by molar-refractivity contribution is 5.76. The zero-order valence-electron chi connectivity index (χ0n) is 9.78. The van der Waals surface area contributed by atoms with Crippen LogP contribution in [0.5, 0.6) is 0 Å². The van der Waals surface area contributed by atoms with Crippen LogP contribution >= 0.6 is 0 Å². The molecule has 2 aliphatic rings. The molecule has 2 heteroatoms. The second-order valence-electron chi connectivity index (χ2n) is 5.36. The van der Waals surface area contributed by atoms with Crippen molar-refractivity contribution in [3.05, 3.63) is 12.2 Å². The lowest BCUT2D eigenvalue weighted by molar-refractivity contribution is -0.131. The van der Waals surface area contributed by atoms with Crippen LogP contribution in [-0.2, 0) is 4.79 Å². The van der Waals surface area contributed by atoms with E-state index in [1.807, 2.05) is 0 Å². The lowest BCUT2D eigenvalue weighted by atomic mass is 9.86. The number of rotatable bonds is 2. The van der Waals surface area contributed by atoms with Gasteiger partial charge < -0.3 is 4.90 Å². The minimum atomic E-state index is 0.361. The Morgan fingerprint density at radius 1 is 1.27 bits per heavy atom. The van der Waals surface area contributed by atoms with E-state index in [4.69, 9.17) is 0 Å². The van der Waals surface area contributed by atoms with Gasteiger partial charge in [0.15, 0.2) is 0 Å². The van der Waals surface area contributed by atoms with Crippen LogP contribution < -0.4 is 0 Å². The van der Waals surface area contributed by atoms with Crippen molar-refractivity contribution in [3.8, 4) is 0 Å². The van der Waals surface area contributed by atoms with Gasteiger partial charge in [0.1, 0.15) is 0 Å². The smallest absolute Gasteiger partial charge is 0.222 e. The van der Waals surface area contributed by atoms with Crippen molar-refractivity contribution in [2.75, 3.05) is 13.1 Å². The fourth-order valence-electron chi connectivity index (χ4n) is 2.70. The first-order chi connectivity index (χ1) is 7.16. The highest BCUT2D eigenvalue weighted by atomic mass is 16.2. The molecule has 84 valence electrons. The first-order valence-electron chi connectivity index (χ1n) is 6.09. The number of amides is 1. The van der Waals surface area contributed by atoms with Crippen molar-refractivity contribution in [2.45, 2.75) is 33.1 Å². The fourth-order valence-corrected chi connectivity index (χ4v) is 2.70. The number of carbonyl (C=O) groups excluding carboxylic acids is 1. The second-order valence-corrected chi connectivity index (χ2v) is 5.36. The maximum atomic E-state index is 11.9.